The Balaban J connectivity index is 1.59. The highest BCUT2D eigenvalue weighted by Crippen LogP contribution is 2.37. The Labute approximate surface area is 183 Å². The SMILES string of the molecule is NS(=O)(=O)OC[C@H]1C[C@@H](n2cnc3c(CCc4ccccc4)nc(Cl)nc32)[C@H](O)[C@@H]1O. The second kappa shape index (κ2) is 8.77. The summed E-state index contributed by atoms with van der Waals surface area (Å²) in [6.45, 7) is -0.335. The third kappa shape index (κ3) is 4.86. The maximum Gasteiger partial charge on any atom is 0.333 e. The molecular weight excluding hydrogens is 446 g/mol. The summed E-state index contributed by atoms with van der Waals surface area (Å²) in [6.07, 6.45) is 0.733. The molecule has 3 aromatic rings. The Morgan fingerprint density at radius 3 is 2.61 bits per heavy atom. The van der Waals surface area contributed by atoms with E-state index in [1.807, 2.05) is 30.3 Å². The van der Waals surface area contributed by atoms with Gasteiger partial charge in [-0.25, -0.2) is 15.1 Å². The van der Waals surface area contributed by atoms with Gasteiger partial charge in [-0.05, 0) is 36.4 Å². The van der Waals surface area contributed by atoms with Gasteiger partial charge in [0.2, 0.25) is 5.28 Å². The fourth-order valence-corrected chi connectivity index (χ4v) is 4.54. The molecule has 1 aliphatic carbocycles. The summed E-state index contributed by atoms with van der Waals surface area (Å²) < 4.78 is 28.4. The minimum atomic E-state index is -4.15. The molecule has 1 aliphatic rings. The molecule has 166 valence electrons. The van der Waals surface area contributed by atoms with E-state index in [0.29, 0.717) is 23.3 Å². The van der Waals surface area contributed by atoms with Crippen molar-refractivity contribution in [2.24, 2.45) is 11.1 Å². The molecule has 0 bridgehead atoms. The van der Waals surface area contributed by atoms with Crippen molar-refractivity contribution in [2.45, 2.75) is 37.5 Å². The monoisotopic (exact) mass is 467 g/mol. The number of hydrogen-bond acceptors (Lipinski definition) is 8. The molecule has 10 nitrogen and oxygen atoms in total. The van der Waals surface area contributed by atoms with Gasteiger partial charge in [0.25, 0.3) is 0 Å². The Kier molecular flexibility index (Phi) is 6.24. The number of aryl methyl sites for hydroxylation is 2. The van der Waals surface area contributed by atoms with Gasteiger partial charge in [0.05, 0.1) is 30.8 Å². The van der Waals surface area contributed by atoms with Gasteiger partial charge in [0.1, 0.15) is 11.6 Å². The van der Waals surface area contributed by atoms with E-state index >= 15 is 0 Å². The van der Waals surface area contributed by atoms with E-state index in [1.54, 1.807) is 4.57 Å². The Morgan fingerprint density at radius 2 is 1.90 bits per heavy atom. The molecule has 0 spiro atoms. The van der Waals surface area contributed by atoms with E-state index in [1.165, 1.54) is 6.33 Å². The van der Waals surface area contributed by atoms with Crippen LogP contribution in [0.5, 0.6) is 0 Å². The van der Waals surface area contributed by atoms with Crippen molar-refractivity contribution in [3.8, 4) is 0 Å². The lowest BCUT2D eigenvalue weighted by molar-refractivity contribution is -0.000990. The number of rotatable bonds is 7. The Hall–Kier alpha value is -2.15. The van der Waals surface area contributed by atoms with Crippen LogP contribution in [0.4, 0.5) is 0 Å². The minimum Gasteiger partial charge on any atom is -0.390 e. The molecule has 0 amide bonds. The molecule has 31 heavy (non-hydrogen) atoms. The smallest absolute Gasteiger partial charge is 0.333 e. The number of aliphatic hydroxyl groups is 2. The topological polar surface area (TPSA) is 153 Å². The lowest BCUT2D eigenvalue weighted by Gasteiger charge is -2.18. The lowest BCUT2D eigenvalue weighted by Crippen LogP contribution is -2.31. The second-order valence-corrected chi connectivity index (χ2v) is 9.13. The molecule has 0 unspecified atom stereocenters. The van der Waals surface area contributed by atoms with Gasteiger partial charge in [-0.1, -0.05) is 30.3 Å². The largest absolute Gasteiger partial charge is 0.390 e. The molecule has 1 aromatic carbocycles. The van der Waals surface area contributed by atoms with Gasteiger partial charge in [-0.3, -0.25) is 4.18 Å². The van der Waals surface area contributed by atoms with Crippen molar-refractivity contribution < 1.29 is 22.8 Å². The van der Waals surface area contributed by atoms with Gasteiger partial charge >= 0.3 is 10.3 Å². The van der Waals surface area contributed by atoms with Crippen LogP contribution < -0.4 is 5.14 Å². The van der Waals surface area contributed by atoms with Crippen molar-refractivity contribution in [3.63, 3.8) is 0 Å². The number of aromatic nitrogens is 4. The van der Waals surface area contributed by atoms with Crippen LogP contribution in [0.15, 0.2) is 36.7 Å². The van der Waals surface area contributed by atoms with E-state index in [4.69, 9.17) is 16.7 Å². The average molecular weight is 468 g/mol. The normalized spacial score (nSPS) is 24.1. The molecule has 0 radical (unpaired) electrons. The first kappa shape index (κ1) is 22.1. The number of benzene rings is 1. The van der Waals surface area contributed by atoms with E-state index in [2.05, 4.69) is 19.1 Å². The van der Waals surface area contributed by atoms with Crippen LogP contribution in [0, 0.1) is 5.92 Å². The Bertz CT molecular complexity index is 1170. The number of halogens is 1. The highest BCUT2D eigenvalue weighted by Gasteiger charge is 2.43. The Morgan fingerprint density at radius 1 is 1.16 bits per heavy atom. The summed E-state index contributed by atoms with van der Waals surface area (Å²) in [7, 11) is -4.15. The lowest BCUT2D eigenvalue weighted by atomic mass is 10.1. The molecule has 4 N–H and O–H groups in total. The van der Waals surface area contributed by atoms with Gasteiger partial charge in [0, 0.05) is 5.92 Å². The highest BCUT2D eigenvalue weighted by atomic mass is 35.5. The van der Waals surface area contributed by atoms with E-state index in [0.717, 1.165) is 12.0 Å². The summed E-state index contributed by atoms with van der Waals surface area (Å²) in [4.78, 5) is 13.0. The van der Waals surface area contributed by atoms with E-state index in [9.17, 15) is 18.6 Å². The molecular formula is C19H22ClN5O5S. The fourth-order valence-electron chi connectivity index (χ4n) is 3.99. The maximum atomic E-state index is 11.1. The van der Waals surface area contributed by atoms with Crippen molar-refractivity contribution in [1.29, 1.82) is 0 Å². The van der Waals surface area contributed by atoms with Gasteiger partial charge < -0.3 is 14.8 Å². The average Bonchev–Trinajstić information content (AvgIpc) is 3.26. The first-order valence-electron chi connectivity index (χ1n) is 9.69. The molecule has 4 atom stereocenters. The third-order valence-electron chi connectivity index (χ3n) is 5.53. The predicted molar refractivity (Wildman–Crippen MR) is 112 cm³/mol. The van der Waals surface area contributed by atoms with E-state index in [-0.39, 0.29) is 18.3 Å². The standard InChI is InChI=1S/C19H22ClN5O5S/c20-19-23-13(7-6-11-4-2-1-3-5-11)15-18(24-19)25(10-22-15)14-8-12(16(26)17(14)27)9-30-31(21,28)29/h1-5,10,12,14,16-17,26-27H,6-9H2,(H2,21,28,29)/t12-,14-,16-,17+/m1/s1. The highest BCUT2D eigenvalue weighted by molar-refractivity contribution is 7.84. The summed E-state index contributed by atoms with van der Waals surface area (Å²) in [5.41, 5.74) is 2.83. The van der Waals surface area contributed by atoms with Gasteiger partial charge in [-0.15, -0.1) is 0 Å². The number of nitrogens with two attached hydrogens (primary N) is 1. The van der Waals surface area contributed by atoms with Crippen LogP contribution in [0.2, 0.25) is 5.28 Å². The maximum absolute atomic E-state index is 11.1. The van der Waals surface area contributed by atoms with Crippen molar-refractivity contribution in [3.05, 3.63) is 53.2 Å². The number of aliphatic hydroxyl groups excluding tert-OH is 2. The third-order valence-corrected chi connectivity index (χ3v) is 6.17. The first-order valence-corrected chi connectivity index (χ1v) is 11.5. The van der Waals surface area contributed by atoms with Crippen molar-refractivity contribution in [2.75, 3.05) is 6.61 Å². The molecule has 2 aromatic heterocycles. The van der Waals surface area contributed by atoms with Crippen LogP contribution in [0.1, 0.15) is 23.7 Å². The molecule has 2 heterocycles. The number of fused-ring (bicyclic) bond motifs is 1. The number of imidazole rings is 1. The molecule has 0 saturated heterocycles. The summed E-state index contributed by atoms with van der Waals surface area (Å²) in [5.74, 6) is -0.634. The molecule has 12 heteroatoms. The summed E-state index contributed by atoms with van der Waals surface area (Å²) in [5, 5.41) is 25.8. The fraction of sp³-hybridized carbons (Fsp3) is 0.421. The number of nitrogens with zero attached hydrogens (tertiary/aromatic N) is 4. The minimum absolute atomic E-state index is 0.0551. The molecule has 0 aliphatic heterocycles. The van der Waals surface area contributed by atoms with Crippen LogP contribution in [-0.2, 0) is 27.3 Å². The number of hydrogen-bond donors (Lipinski definition) is 3. The zero-order valence-corrected chi connectivity index (χ0v) is 17.9. The quantitative estimate of drug-likeness (QED) is 0.430. The van der Waals surface area contributed by atoms with Crippen molar-refractivity contribution >= 4 is 33.1 Å². The first-order chi connectivity index (χ1) is 14.7. The van der Waals surface area contributed by atoms with E-state index < -0.39 is 34.5 Å². The predicted octanol–water partition coefficient (Wildman–Crippen LogP) is 0.768. The molecule has 1 fully saturated rings. The van der Waals surface area contributed by atoms with Crippen LogP contribution in [-0.4, -0.2) is 57.0 Å². The van der Waals surface area contributed by atoms with Crippen LogP contribution in [0.3, 0.4) is 0 Å². The second-order valence-electron chi connectivity index (χ2n) is 7.57. The van der Waals surface area contributed by atoms with Crippen LogP contribution >= 0.6 is 11.6 Å². The zero-order chi connectivity index (χ0) is 22.2. The summed E-state index contributed by atoms with van der Waals surface area (Å²) >= 11 is 6.16. The molecule has 4 rings (SSSR count). The van der Waals surface area contributed by atoms with Gasteiger partial charge in [-0.2, -0.15) is 13.4 Å². The van der Waals surface area contributed by atoms with Crippen LogP contribution in [0.25, 0.3) is 11.2 Å². The molecule has 1 saturated carbocycles. The van der Waals surface area contributed by atoms with Gasteiger partial charge in [0.15, 0.2) is 5.65 Å². The zero-order valence-electron chi connectivity index (χ0n) is 16.4. The van der Waals surface area contributed by atoms with Crippen molar-refractivity contribution in [1.82, 2.24) is 19.5 Å². The summed E-state index contributed by atoms with van der Waals surface area (Å²) in [6, 6.07) is 9.34.